The van der Waals surface area contributed by atoms with Crippen molar-refractivity contribution in [2.75, 3.05) is 32.0 Å². The monoisotopic (exact) mass is 283 g/mol. The molecule has 108 valence electrons. The second-order valence-electron chi connectivity index (χ2n) is 6.11. The molecule has 1 N–H and O–H groups in total. The first kappa shape index (κ1) is 13.7. The largest absolute Gasteiger partial charge is 0.373 e. The van der Waals surface area contributed by atoms with E-state index < -0.39 is 0 Å². The number of ether oxygens (including phenoxy) is 1. The molecule has 3 heterocycles. The minimum absolute atomic E-state index is 0.291. The summed E-state index contributed by atoms with van der Waals surface area (Å²) < 4.78 is 5.95. The zero-order chi connectivity index (χ0) is 13.2. The number of amidine groups is 1. The highest BCUT2D eigenvalue weighted by molar-refractivity contribution is 8.13. The van der Waals surface area contributed by atoms with Crippen molar-refractivity contribution in [2.24, 2.45) is 10.9 Å². The van der Waals surface area contributed by atoms with Crippen LogP contribution in [0.25, 0.3) is 0 Å². The summed E-state index contributed by atoms with van der Waals surface area (Å²) in [5.74, 6) is 1.90. The number of fused-ring (bicyclic) bond motifs is 1. The fourth-order valence-electron chi connectivity index (χ4n) is 3.01. The van der Waals surface area contributed by atoms with Crippen LogP contribution in [0.1, 0.15) is 26.7 Å². The van der Waals surface area contributed by atoms with Crippen LogP contribution < -0.4 is 5.32 Å². The van der Waals surface area contributed by atoms with Gasteiger partial charge in [-0.3, -0.25) is 9.89 Å². The van der Waals surface area contributed by atoms with Crippen molar-refractivity contribution in [1.82, 2.24) is 10.2 Å². The summed E-state index contributed by atoms with van der Waals surface area (Å²) in [6.07, 6.45) is 2.94. The highest BCUT2D eigenvalue weighted by Crippen LogP contribution is 2.23. The molecule has 0 amide bonds. The lowest BCUT2D eigenvalue weighted by molar-refractivity contribution is -0.0431. The molecule has 3 aliphatic heterocycles. The van der Waals surface area contributed by atoms with Gasteiger partial charge < -0.3 is 10.1 Å². The lowest BCUT2D eigenvalue weighted by atomic mass is 10.1. The first-order chi connectivity index (χ1) is 9.22. The van der Waals surface area contributed by atoms with Gasteiger partial charge in [-0.2, -0.15) is 0 Å². The van der Waals surface area contributed by atoms with Crippen LogP contribution in [0.4, 0.5) is 0 Å². The van der Waals surface area contributed by atoms with Crippen LogP contribution in [0.3, 0.4) is 0 Å². The normalized spacial score (nSPS) is 42.1. The van der Waals surface area contributed by atoms with Gasteiger partial charge in [0.2, 0.25) is 0 Å². The van der Waals surface area contributed by atoms with Crippen molar-refractivity contribution >= 4 is 16.9 Å². The van der Waals surface area contributed by atoms with E-state index in [0.29, 0.717) is 18.2 Å². The standard InChI is InChI=1S/C14H25N3OS/c1-10-9-19-14(16-11(10)2)15-6-13-7-17-5-3-4-12(17)8-18-13/h10-13H,3-9H2,1-2H3,(H,15,16). The number of aliphatic imine (C=N–C) groups is 1. The molecular weight excluding hydrogens is 258 g/mol. The lowest BCUT2D eigenvalue weighted by Crippen LogP contribution is -2.47. The number of hydrogen-bond donors (Lipinski definition) is 1. The molecule has 3 saturated heterocycles. The third-order valence-electron chi connectivity index (χ3n) is 4.59. The molecule has 0 bridgehead atoms. The van der Waals surface area contributed by atoms with E-state index in [-0.39, 0.29) is 0 Å². The molecule has 0 spiro atoms. The molecule has 0 aromatic rings. The average molecular weight is 283 g/mol. The molecule has 0 saturated carbocycles. The minimum atomic E-state index is 0.291. The van der Waals surface area contributed by atoms with Crippen molar-refractivity contribution in [3.05, 3.63) is 0 Å². The summed E-state index contributed by atoms with van der Waals surface area (Å²) in [4.78, 5) is 7.31. The lowest BCUT2D eigenvalue weighted by Gasteiger charge is -2.35. The second kappa shape index (κ2) is 6.02. The number of nitrogens with zero attached hydrogens (tertiary/aromatic N) is 2. The van der Waals surface area contributed by atoms with Crippen LogP contribution in [-0.4, -0.2) is 60.2 Å². The Bertz CT molecular complexity index is 350. The molecule has 4 unspecified atom stereocenters. The molecule has 5 heteroatoms. The maximum Gasteiger partial charge on any atom is 0.156 e. The van der Waals surface area contributed by atoms with E-state index in [1.165, 1.54) is 25.1 Å². The molecule has 4 nitrogen and oxygen atoms in total. The van der Waals surface area contributed by atoms with E-state index in [2.05, 4.69) is 24.1 Å². The SMILES string of the molecule is CC1CSC(=NCC2CN3CCCC3CO2)NC1C. The molecule has 3 aliphatic rings. The van der Waals surface area contributed by atoms with Gasteiger partial charge >= 0.3 is 0 Å². The molecule has 4 atom stereocenters. The van der Waals surface area contributed by atoms with Crippen molar-refractivity contribution in [2.45, 2.75) is 44.9 Å². The van der Waals surface area contributed by atoms with E-state index in [1.807, 2.05) is 11.8 Å². The number of morpholine rings is 1. The smallest absolute Gasteiger partial charge is 0.156 e. The van der Waals surface area contributed by atoms with Crippen LogP contribution in [-0.2, 0) is 4.74 Å². The second-order valence-corrected chi connectivity index (χ2v) is 7.12. The molecule has 0 aliphatic carbocycles. The van der Waals surface area contributed by atoms with Gasteiger partial charge in [-0.25, -0.2) is 0 Å². The van der Waals surface area contributed by atoms with Gasteiger partial charge in [0.15, 0.2) is 5.17 Å². The van der Waals surface area contributed by atoms with Crippen LogP contribution in [0, 0.1) is 5.92 Å². The highest BCUT2D eigenvalue weighted by atomic mass is 32.2. The summed E-state index contributed by atoms with van der Waals surface area (Å²) in [5, 5.41) is 4.60. The molecule has 3 rings (SSSR count). The molecule has 0 aromatic heterocycles. The Kier molecular flexibility index (Phi) is 4.34. The van der Waals surface area contributed by atoms with Gasteiger partial charge in [0.25, 0.3) is 0 Å². The van der Waals surface area contributed by atoms with E-state index in [1.54, 1.807) is 0 Å². The van der Waals surface area contributed by atoms with Gasteiger partial charge in [0.05, 0.1) is 19.3 Å². The maximum atomic E-state index is 5.95. The van der Waals surface area contributed by atoms with Crippen LogP contribution in [0.15, 0.2) is 4.99 Å². The summed E-state index contributed by atoms with van der Waals surface area (Å²) >= 11 is 1.85. The van der Waals surface area contributed by atoms with Gasteiger partial charge in [-0.15, -0.1) is 0 Å². The third kappa shape index (κ3) is 3.26. The number of nitrogens with one attached hydrogen (secondary N) is 1. The van der Waals surface area contributed by atoms with Crippen LogP contribution in [0.2, 0.25) is 0 Å². The van der Waals surface area contributed by atoms with Crippen LogP contribution >= 0.6 is 11.8 Å². The van der Waals surface area contributed by atoms with Crippen molar-refractivity contribution < 1.29 is 4.74 Å². The fourth-order valence-corrected chi connectivity index (χ4v) is 4.15. The maximum absolute atomic E-state index is 5.95. The summed E-state index contributed by atoms with van der Waals surface area (Å²) in [6, 6.07) is 1.22. The Labute approximate surface area is 120 Å². The van der Waals surface area contributed by atoms with Crippen molar-refractivity contribution in [3.8, 4) is 0 Å². The highest BCUT2D eigenvalue weighted by Gasteiger charge is 2.32. The Hall–Kier alpha value is -0.260. The summed E-state index contributed by atoms with van der Waals surface area (Å²) in [5.41, 5.74) is 0. The van der Waals surface area contributed by atoms with Crippen LogP contribution in [0.5, 0.6) is 0 Å². The van der Waals surface area contributed by atoms with Gasteiger partial charge in [-0.05, 0) is 32.2 Å². The van der Waals surface area contributed by atoms with Gasteiger partial charge in [0.1, 0.15) is 0 Å². The van der Waals surface area contributed by atoms with E-state index in [9.17, 15) is 0 Å². The zero-order valence-electron chi connectivity index (χ0n) is 12.0. The van der Waals surface area contributed by atoms with Gasteiger partial charge in [0, 0.05) is 24.4 Å². The molecular formula is C14H25N3OS. The minimum Gasteiger partial charge on any atom is -0.373 e. The number of thioether (sulfide) groups is 1. The van der Waals surface area contributed by atoms with Gasteiger partial charge in [-0.1, -0.05) is 18.7 Å². The predicted molar refractivity (Wildman–Crippen MR) is 80.9 cm³/mol. The van der Waals surface area contributed by atoms with Crippen molar-refractivity contribution in [1.29, 1.82) is 0 Å². The van der Waals surface area contributed by atoms with Crippen molar-refractivity contribution in [3.63, 3.8) is 0 Å². The Morgan fingerprint density at radius 1 is 1.47 bits per heavy atom. The number of hydrogen-bond acceptors (Lipinski definition) is 4. The quantitative estimate of drug-likeness (QED) is 0.834. The zero-order valence-corrected chi connectivity index (χ0v) is 12.8. The first-order valence-corrected chi connectivity index (χ1v) is 8.50. The van der Waals surface area contributed by atoms with E-state index in [4.69, 9.17) is 9.73 Å². The summed E-state index contributed by atoms with van der Waals surface area (Å²) in [6.45, 7) is 8.56. The topological polar surface area (TPSA) is 36.9 Å². The fraction of sp³-hybridized carbons (Fsp3) is 0.929. The van der Waals surface area contributed by atoms with E-state index in [0.717, 1.165) is 30.8 Å². The Morgan fingerprint density at radius 2 is 2.37 bits per heavy atom. The van der Waals surface area contributed by atoms with E-state index >= 15 is 0 Å². The Balaban J connectivity index is 1.49. The molecule has 3 fully saturated rings. The predicted octanol–water partition coefficient (Wildman–Crippen LogP) is 1.57. The Morgan fingerprint density at radius 3 is 3.21 bits per heavy atom. The third-order valence-corrected chi connectivity index (χ3v) is 5.80. The average Bonchev–Trinajstić information content (AvgIpc) is 2.87. The first-order valence-electron chi connectivity index (χ1n) is 7.52. The molecule has 19 heavy (non-hydrogen) atoms. The molecule has 0 aromatic carbocycles. The molecule has 0 radical (unpaired) electrons. The summed E-state index contributed by atoms with van der Waals surface area (Å²) in [7, 11) is 0. The number of rotatable bonds is 2.